The van der Waals surface area contributed by atoms with Gasteiger partial charge in [-0.25, -0.2) is 14.3 Å². The summed E-state index contributed by atoms with van der Waals surface area (Å²) in [6, 6.07) is -3.73. The van der Waals surface area contributed by atoms with Gasteiger partial charge in [-0.2, -0.15) is 5.11 Å². The van der Waals surface area contributed by atoms with Crippen LogP contribution in [-0.2, 0) is 81.0 Å². The molecule has 582 valence electrons. The summed E-state index contributed by atoms with van der Waals surface area (Å²) in [4.78, 5) is 121. The molecule has 0 aromatic rings. The van der Waals surface area contributed by atoms with E-state index < -0.39 is 180 Å². The second kappa shape index (κ2) is 37.9. The Bertz CT molecular complexity index is 3160. The van der Waals surface area contributed by atoms with Gasteiger partial charge < -0.3 is 95.3 Å². The number of nitrogens with zero attached hydrogens (tertiary/aromatic N) is 2. The lowest BCUT2D eigenvalue weighted by Gasteiger charge is -2.63. The highest BCUT2D eigenvalue weighted by molar-refractivity contribution is 6.12. The number of halogens is 2. The molecule has 5 fully saturated rings. The maximum absolute atomic E-state index is 18.1. The number of hydrogen-bond acceptors (Lipinski definition) is 25. The number of Topliss-reactive ketones (excluding diaryl/α,β-unsaturated/α-hetero) is 1. The SMILES string of the molecule is CCCC1O[C@@H]2C[C@H]3[C@@H]4C[C@H](F)C5=CC(=O)C=C[C@]5(C)[C@@]4(F)[C@@H](O)C[C@]3(C)[C@]2(C(=O)CNC(=O)[C@H](C)NC(=O)[C@@H](NC(=O)[C@@H](CCCCCNC(=O)COC2CCCCC/C(N[C@@H]3O[C@H](CO)[C@H](O)[C@H](O)[C@H]3O)=C\2N=N)NC(=O)CCOCCOCCOCCOCCN2C(=O)C=CC2=O)C(C)C)O1. The van der Waals surface area contributed by atoms with Gasteiger partial charge in [0.2, 0.25) is 29.5 Å². The number of ether oxygens (including phenoxy) is 8. The first-order valence-corrected chi connectivity index (χ1v) is 36.5. The second-order valence-corrected chi connectivity index (χ2v) is 28.8. The Morgan fingerprint density at radius 2 is 1.46 bits per heavy atom. The molecule has 5 aliphatic carbocycles. The molecule has 2 saturated heterocycles. The Kier molecular flexibility index (Phi) is 30.3. The molecule has 0 spiro atoms. The van der Waals surface area contributed by atoms with Crippen LogP contribution in [0, 0.1) is 34.1 Å². The molecular formula is C71H107F2N9O22. The zero-order valence-electron chi connectivity index (χ0n) is 60.2. The maximum atomic E-state index is 18.1. The molecule has 0 aromatic heterocycles. The number of nitrogens with one attached hydrogen (secondary N) is 7. The lowest BCUT2D eigenvalue weighted by molar-refractivity contribution is -0.234. The van der Waals surface area contributed by atoms with Crippen LogP contribution in [0.2, 0.25) is 0 Å². The van der Waals surface area contributed by atoms with Gasteiger partial charge in [-0.3, -0.25) is 48.1 Å². The maximum Gasteiger partial charge on any atom is 0.253 e. The Morgan fingerprint density at radius 3 is 2.12 bits per heavy atom. The number of ketones is 2. The molecule has 3 saturated carbocycles. The highest BCUT2D eigenvalue weighted by Gasteiger charge is 2.80. The predicted molar refractivity (Wildman–Crippen MR) is 363 cm³/mol. The molecule has 7 amide bonds. The zero-order valence-corrected chi connectivity index (χ0v) is 60.2. The van der Waals surface area contributed by atoms with Gasteiger partial charge in [0, 0.05) is 47.6 Å². The van der Waals surface area contributed by atoms with Crippen LogP contribution in [0.3, 0.4) is 0 Å². The summed E-state index contributed by atoms with van der Waals surface area (Å²) >= 11 is 0. The summed E-state index contributed by atoms with van der Waals surface area (Å²) in [7, 11) is 0. The van der Waals surface area contributed by atoms with Crippen LogP contribution in [-0.4, -0.2) is 260 Å². The van der Waals surface area contributed by atoms with Crippen LogP contribution in [0.4, 0.5) is 8.78 Å². The molecule has 19 atom stereocenters. The van der Waals surface area contributed by atoms with Crippen molar-refractivity contribution in [2.75, 3.05) is 85.7 Å². The van der Waals surface area contributed by atoms with Gasteiger partial charge >= 0.3 is 0 Å². The van der Waals surface area contributed by atoms with Crippen molar-refractivity contribution >= 4 is 52.9 Å². The van der Waals surface area contributed by atoms with Crippen molar-refractivity contribution < 1.29 is 115 Å². The number of carbonyl (C=O) groups excluding carboxylic acids is 9. The minimum atomic E-state index is -2.43. The van der Waals surface area contributed by atoms with E-state index >= 15 is 8.78 Å². The van der Waals surface area contributed by atoms with Crippen LogP contribution in [0.5, 0.6) is 0 Å². The van der Waals surface area contributed by atoms with Crippen molar-refractivity contribution in [3.05, 3.63) is 47.3 Å². The minimum Gasteiger partial charge on any atom is -0.394 e. The number of unbranched alkanes of at least 4 members (excludes halogenated alkanes) is 2. The monoisotopic (exact) mass is 1480 g/mol. The number of aliphatic hydroxyl groups is 5. The van der Waals surface area contributed by atoms with Crippen molar-refractivity contribution in [3.8, 4) is 0 Å². The third-order valence-corrected chi connectivity index (χ3v) is 21.6. The molecule has 8 rings (SSSR count). The predicted octanol–water partition coefficient (Wildman–Crippen LogP) is 1.05. The fourth-order valence-electron chi connectivity index (χ4n) is 16.0. The van der Waals surface area contributed by atoms with Gasteiger partial charge in [0.15, 0.2) is 35.4 Å². The molecule has 31 nitrogen and oxygen atoms in total. The number of carbonyl (C=O) groups is 9. The first-order chi connectivity index (χ1) is 49.6. The first kappa shape index (κ1) is 83.2. The molecule has 8 aliphatic rings. The lowest BCUT2D eigenvalue weighted by Crippen LogP contribution is -2.71. The Labute approximate surface area is 603 Å². The molecule has 0 radical (unpaired) electrons. The Hall–Kier alpha value is -6.47. The highest BCUT2D eigenvalue weighted by atomic mass is 19.1. The fraction of sp³-hybridized carbons (Fsp3) is 0.761. The van der Waals surface area contributed by atoms with Gasteiger partial charge in [-0.1, -0.05) is 65.9 Å². The van der Waals surface area contributed by atoms with E-state index in [0.717, 1.165) is 17.4 Å². The normalized spacial score (nSPS) is 33.1. The minimum absolute atomic E-state index is 0.0443. The molecular weight excluding hydrogens is 1370 g/mol. The van der Waals surface area contributed by atoms with E-state index in [0.29, 0.717) is 63.5 Å². The molecule has 2 unspecified atom stereocenters. The first-order valence-electron chi connectivity index (χ1n) is 36.5. The number of alkyl halides is 2. The van der Waals surface area contributed by atoms with E-state index in [1.165, 1.54) is 38.2 Å². The van der Waals surface area contributed by atoms with Gasteiger partial charge in [0.1, 0.15) is 67.1 Å². The number of aliphatic hydroxyl groups excluding tert-OH is 5. The summed E-state index contributed by atoms with van der Waals surface area (Å²) in [5.41, 5.74) is 1.26. The smallest absolute Gasteiger partial charge is 0.253 e. The number of amides is 7. The molecule has 104 heavy (non-hydrogen) atoms. The largest absolute Gasteiger partial charge is 0.394 e. The number of imide groups is 1. The number of hydrogen-bond donors (Lipinski definition) is 12. The Morgan fingerprint density at radius 1 is 0.779 bits per heavy atom. The van der Waals surface area contributed by atoms with E-state index in [1.54, 1.807) is 20.8 Å². The Balaban J connectivity index is 0.831. The van der Waals surface area contributed by atoms with Crippen LogP contribution in [0.25, 0.3) is 0 Å². The van der Waals surface area contributed by atoms with Crippen molar-refractivity contribution in [3.63, 3.8) is 0 Å². The average Bonchev–Trinajstić information content (AvgIpc) is 1.42. The van der Waals surface area contributed by atoms with Crippen LogP contribution >= 0.6 is 0 Å². The topological polar surface area (TPSA) is 440 Å². The standard InChI is InChI=1S/C71H107F2N9O22/c1-7-14-58-103-53-35-43-44-34-46(72)45-33-42(84)20-22-68(45,5)70(44,73)51(85)36-69(43,6)71(53,104-58)52(86)37-76-64(94)41(4)77-66(96)59(40(2)3)80-65(95)48(78-54(87)21-25-97-27-29-99-31-32-100-30-28-98-26-24-82-56(89)18-19-57(82)90)16-11-9-13-23-75-55(88)39-101-49-17-12-8-10-15-47(60(49)81-74)79-67-63(93)62(92)61(91)50(38-83)102-67/h18-20,22,33,40-41,43-44,46,48-51,53,58-59,61-63,67,74,79,83,85,91-93H,7-17,21,23-32,34-39H2,1-6H3,(H,75,88)(H,76,94)(H,77,96)(H,78,87)(H,80,95)/b60-47-,81-74?/t41-,43-,44-,46-,48+,49?,50+,51-,53+,58?,59-,61-,62-,63+,67+,68-,69-,70-,71+/m0/s1. The summed E-state index contributed by atoms with van der Waals surface area (Å²) in [5.74, 6) is -7.64. The van der Waals surface area contributed by atoms with E-state index in [-0.39, 0.29) is 121 Å². The summed E-state index contributed by atoms with van der Waals surface area (Å²) in [5, 5.41) is 73.4. The van der Waals surface area contributed by atoms with Crippen LogP contribution in [0.1, 0.15) is 138 Å². The summed E-state index contributed by atoms with van der Waals surface area (Å²) in [6.45, 7) is 9.84. The average molecular weight is 1480 g/mol. The van der Waals surface area contributed by atoms with E-state index in [2.05, 4.69) is 37.0 Å². The number of allylic oxidation sites excluding steroid dienone is 5. The zero-order chi connectivity index (χ0) is 75.7. The van der Waals surface area contributed by atoms with Crippen molar-refractivity contribution in [2.45, 2.75) is 229 Å². The fourth-order valence-corrected chi connectivity index (χ4v) is 16.0. The molecule has 0 bridgehead atoms. The summed E-state index contributed by atoms with van der Waals surface area (Å²) in [6.07, 6.45) is -2.85. The van der Waals surface area contributed by atoms with Gasteiger partial charge in [0.25, 0.3) is 11.8 Å². The van der Waals surface area contributed by atoms with E-state index in [9.17, 15) is 68.7 Å². The van der Waals surface area contributed by atoms with Crippen molar-refractivity contribution in [2.24, 2.45) is 33.7 Å². The van der Waals surface area contributed by atoms with Crippen LogP contribution in [0.15, 0.2) is 52.5 Å². The van der Waals surface area contributed by atoms with E-state index in [4.69, 9.17) is 43.4 Å². The molecule has 3 aliphatic heterocycles. The van der Waals surface area contributed by atoms with E-state index in [1.807, 2.05) is 6.92 Å². The van der Waals surface area contributed by atoms with Crippen LogP contribution < -0.4 is 31.9 Å². The molecule has 12 N–H and O–H groups in total. The van der Waals surface area contributed by atoms with Gasteiger partial charge in [-0.05, 0) is 101 Å². The lowest BCUT2D eigenvalue weighted by atomic mass is 9.44. The van der Waals surface area contributed by atoms with Gasteiger partial charge in [-0.15, -0.1) is 0 Å². The van der Waals surface area contributed by atoms with Gasteiger partial charge in [0.05, 0.1) is 84.8 Å². The molecule has 33 heteroatoms. The second-order valence-electron chi connectivity index (χ2n) is 28.8. The highest BCUT2D eigenvalue weighted by Crippen LogP contribution is 2.72. The molecule has 0 aromatic carbocycles. The number of rotatable bonds is 40. The number of fused-ring (bicyclic) bond motifs is 7. The van der Waals surface area contributed by atoms with Crippen molar-refractivity contribution in [1.82, 2.24) is 36.8 Å². The summed E-state index contributed by atoms with van der Waals surface area (Å²) < 4.78 is 81.2. The van der Waals surface area contributed by atoms with Crippen molar-refractivity contribution in [1.29, 1.82) is 5.53 Å². The molecule has 3 heterocycles. The quantitative estimate of drug-likeness (QED) is 0.0232. The third-order valence-electron chi connectivity index (χ3n) is 21.6. The third kappa shape index (κ3) is 19.1.